The number of amides is 1. The molecule has 3 aliphatic heterocycles. The second-order valence-electron chi connectivity index (χ2n) is 12.9. The molecule has 0 aliphatic carbocycles. The summed E-state index contributed by atoms with van der Waals surface area (Å²) in [6.45, 7) is 6.09. The molecule has 3 atom stereocenters. The molecule has 0 unspecified atom stereocenters. The summed E-state index contributed by atoms with van der Waals surface area (Å²) >= 11 is 0. The zero-order chi connectivity index (χ0) is 29.6. The number of rotatable bonds is 7. The minimum Gasteiger partial charge on any atom is -0.339 e. The van der Waals surface area contributed by atoms with Crippen LogP contribution in [-0.2, 0) is 5.41 Å². The molecule has 0 radical (unpaired) electrons. The molecule has 3 aliphatic rings. The van der Waals surface area contributed by atoms with Crippen LogP contribution in [0.5, 0.6) is 0 Å². The van der Waals surface area contributed by atoms with Crippen LogP contribution in [0.15, 0.2) is 72.9 Å². The number of fused-ring (bicyclic) bond motifs is 3. The third kappa shape index (κ3) is 5.07. The van der Waals surface area contributed by atoms with E-state index in [1.165, 1.54) is 43.7 Å². The monoisotopic (exact) mass is 575 g/mol. The second kappa shape index (κ2) is 11.3. The topological polar surface area (TPSA) is 71.3 Å². The van der Waals surface area contributed by atoms with E-state index < -0.39 is 0 Å². The van der Waals surface area contributed by atoms with Gasteiger partial charge in [-0.3, -0.25) is 19.5 Å². The number of likely N-dealkylation sites (tertiary alicyclic amines) is 1. The van der Waals surface area contributed by atoms with E-state index in [9.17, 15) is 9.59 Å². The van der Waals surface area contributed by atoms with E-state index in [0.717, 1.165) is 37.1 Å². The molecule has 3 saturated heterocycles. The van der Waals surface area contributed by atoms with Gasteiger partial charge in [0.15, 0.2) is 5.78 Å². The summed E-state index contributed by atoms with van der Waals surface area (Å²) in [6.07, 6.45) is 9.43. The van der Waals surface area contributed by atoms with Crippen molar-refractivity contribution in [1.82, 2.24) is 24.3 Å². The molecule has 0 spiro atoms. The first-order valence-corrected chi connectivity index (χ1v) is 15.9. The number of hydrogen-bond donors (Lipinski definition) is 0. The lowest BCUT2D eigenvalue weighted by Gasteiger charge is -2.45. The zero-order valence-corrected chi connectivity index (χ0v) is 25.3. The molecule has 222 valence electrons. The number of aryl methyl sites for hydroxylation is 1. The standard InChI is InChI=1S/C36H41N5O2/c1-25(42)34-31(11-8-19-37-34)35(43)39-20-16-36(17-21-39,27-9-4-3-5-10-27)18-22-40-28-14-15-29(40)24-30(23-28)41-26(2)38-32-12-6-7-13-33(32)41/h3-13,19,28-30H,14-18,20-24H2,1-2H3/t28-,29+,30+. The first-order valence-electron chi connectivity index (χ1n) is 15.9. The number of piperidine rings is 2. The molecule has 2 aromatic carbocycles. The van der Waals surface area contributed by atoms with Crippen LogP contribution in [0.2, 0.25) is 0 Å². The molecule has 7 heteroatoms. The molecule has 0 N–H and O–H groups in total. The predicted octanol–water partition coefficient (Wildman–Crippen LogP) is 6.37. The Labute approximate surface area is 253 Å². The Balaban J connectivity index is 1.07. The van der Waals surface area contributed by atoms with Crippen molar-refractivity contribution in [3.63, 3.8) is 0 Å². The number of carbonyl (C=O) groups excluding carboxylic acids is 2. The van der Waals surface area contributed by atoms with Crippen molar-refractivity contribution in [3.05, 3.63) is 95.6 Å². The fourth-order valence-electron chi connectivity index (χ4n) is 8.43. The molecule has 2 bridgehead atoms. The normalized spacial score (nSPS) is 23.5. The minimum absolute atomic E-state index is 0.0316. The van der Waals surface area contributed by atoms with E-state index in [1.807, 2.05) is 4.90 Å². The maximum Gasteiger partial charge on any atom is 0.256 e. The van der Waals surface area contributed by atoms with Gasteiger partial charge in [0.2, 0.25) is 0 Å². The Kier molecular flexibility index (Phi) is 7.38. The van der Waals surface area contributed by atoms with E-state index >= 15 is 0 Å². The Morgan fingerprint density at radius 2 is 1.58 bits per heavy atom. The van der Waals surface area contributed by atoms with Crippen LogP contribution in [0.25, 0.3) is 11.0 Å². The number of ketones is 1. The van der Waals surface area contributed by atoms with Crippen LogP contribution in [-0.4, -0.2) is 67.7 Å². The van der Waals surface area contributed by atoms with E-state index in [4.69, 9.17) is 4.98 Å². The van der Waals surface area contributed by atoms with Crippen molar-refractivity contribution >= 4 is 22.7 Å². The van der Waals surface area contributed by atoms with Crippen molar-refractivity contribution in [2.75, 3.05) is 19.6 Å². The molecule has 3 fully saturated rings. The Bertz CT molecular complexity index is 1620. The molecule has 7 nitrogen and oxygen atoms in total. The van der Waals surface area contributed by atoms with Crippen LogP contribution >= 0.6 is 0 Å². The number of Topliss-reactive ketones (excluding diaryl/α,β-unsaturated/α-hetero) is 1. The Hall–Kier alpha value is -3.84. The molecule has 43 heavy (non-hydrogen) atoms. The van der Waals surface area contributed by atoms with E-state index in [2.05, 4.69) is 76.0 Å². The summed E-state index contributed by atoms with van der Waals surface area (Å²) in [5.74, 6) is 0.877. The second-order valence-corrected chi connectivity index (χ2v) is 12.9. The largest absolute Gasteiger partial charge is 0.339 e. The highest BCUT2D eigenvalue weighted by atomic mass is 16.2. The maximum atomic E-state index is 13.5. The lowest BCUT2D eigenvalue weighted by Crippen LogP contribution is -2.49. The summed E-state index contributed by atoms with van der Waals surface area (Å²) in [5, 5.41) is 0. The summed E-state index contributed by atoms with van der Waals surface area (Å²) in [6, 6.07) is 24.7. The lowest BCUT2D eigenvalue weighted by atomic mass is 9.70. The number of para-hydroxylation sites is 2. The highest BCUT2D eigenvalue weighted by molar-refractivity contribution is 6.05. The van der Waals surface area contributed by atoms with Crippen molar-refractivity contribution in [3.8, 4) is 0 Å². The highest BCUT2D eigenvalue weighted by Gasteiger charge is 2.44. The zero-order valence-electron chi connectivity index (χ0n) is 25.3. The van der Waals surface area contributed by atoms with Crippen LogP contribution in [0.4, 0.5) is 0 Å². The summed E-state index contributed by atoms with van der Waals surface area (Å²) in [7, 11) is 0. The van der Waals surface area contributed by atoms with Gasteiger partial charge in [-0.1, -0.05) is 42.5 Å². The van der Waals surface area contributed by atoms with Gasteiger partial charge in [-0.2, -0.15) is 0 Å². The van der Waals surface area contributed by atoms with Crippen molar-refractivity contribution in [2.45, 2.75) is 82.3 Å². The first kappa shape index (κ1) is 28.0. The summed E-state index contributed by atoms with van der Waals surface area (Å²) < 4.78 is 2.51. The number of benzene rings is 2. The molecule has 5 heterocycles. The average molecular weight is 576 g/mol. The highest BCUT2D eigenvalue weighted by Crippen LogP contribution is 2.45. The fraction of sp³-hybridized carbons (Fsp3) is 0.444. The Morgan fingerprint density at radius 3 is 2.30 bits per heavy atom. The van der Waals surface area contributed by atoms with Gasteiger partial charge in [-0.25, -0.2) is 4.98 Å². The number of carbonyl (C=O) groups is 2. The average Bonchev–Trinajstić information content (AvgIpc) is 3.50. The fourth-order valence-corrected chi connectivity index (χ4v) is 8.43. The molecule has 7 rings (SSSR count). The maximum absolute atomic E-state index is 13.5. The van der Waals surface area contributed by atoms with Crippen LogP contribution in [0.1, 0.15) is 90.1 Å². The summed E-state index contributed by atoms with van der Waals surface area (Å²) in [4.78, 5) is 39.5. The molecular formula is C36H41N5O2. The Morgan fingerprint density at radius 1 is 0.884 bits per heavy atom. The quantitative estimate of drug-likeness (QED) is 0.239. The molecule has 1 amide bonds. The van der Waals surface area contributed by atoms with Gasteiger partial charge in [0.25, 0.3) is 5.91 Å². The van der Waals surface area contributed by atoms with Crippen LogP contribution in [0.3, 0.4) is 0 Å². The minimum atomic E-state index is -0.172. The molecular weight excluding hydrogens is 534 g/mol. The smallest absolute Gasteiger partial charge is 0.256 e. The predicted molar refractivity (Wildman–Crippen MR) is 168 cm³/mol. The van der Waals surface area contributed by atoms with Gasteiger partial charge < -0.3 is 9.47 Å². The van der Waals surface area contributed by atoms with Gasteiger partial charge in [-0.15, -0.1) is 0 Å². The van der Waals surface area contributed by atoms with Gasteiger partial charge >= 0.3 is 0 Å². The number of imidazole rings is 1. The number of hydrogen-bond acceptors (Lipinski definition) is 5. The van der Waals surface area contributed by atoms with Crippen molar-refractivity contribution in [2.24, 2.45) is 0 Å². The number of pyridine rings is 1. The van der Waals surface area contributed by atoms with Crippen molar-refractivity contribution in [1.29, 1.82) is 0 Å². The van der Waals surface area contributed by atoms with Gasteiger partial charge in [0.1, 0.15) is 11.5 Å². The van der Waals surface area contributed by atoms with Crippen molar-refractivity contribution < 1.29 is 9.59 Å². The lowest BCUT2D eigenvalue weighted by molar-refractivity contribution is 0.0603. The molecule has 4 aromatic rings. The van der Waals surface area contributed by atoms with E-state index in [0.29, 0.717) is 36.8 Å². The van der Waals surface area contributed by atoms with E-state index in [-0.39, 0.29) is 22.8 Å². The van der Waals surface area contributed by atoms with Crippen LogP contribution in [0, 0.1) is 6.92 Å². The number of nitrogens with zero attached hydrogens (tertiary/aromatic N) is 5. The van der Waals surface area contributed by atoms with E-state index in [1.54, 1.807) is 18.3 Å². The third-order valence-electron chi connectivity index (χ3n) is 10.6. The summed E-state index contributed by atoms with van der Waals surface area (Å²) in [5.41, 5.74) is 4.47. The van der Waals surface area contributed by atoms with Crippen LogP contribution < -0.4 is 0 Å². The van der Waals surface area contributed by atoms with Gasteiger partial charge in [-0.05, 0) is 93.7 Å². The molecule has 0 saturated carbocycles. The van der Waals surface area contributed by atoms with Gasteiger partial charge in [0, 0.05) is 44.3 Å². The van der Waals surface area contributed by atoms with Gasteiger partial charge in [0.05, 0.1) is 16.6 Å². The first-order chi connectivity index (χ1) is 20.9. The third-order valence-corrected chi connectivity index (χ3v) is 10.6. The SMILES string of the molecule is CC(=O)c1ncccc1C(=O)N1CCC(CCN2[C@@H]3CC[C@H]2C[C@@H](n2c(C)nc4ccccc42)C3)(c2ccccc2)CC1. The molecule has 2 aromatic heterocycles. The number of aromatic nitrogens is 3.